The van der Waals surface area contributed by atoms with Gasteiger partial charge in [-0.1, -0.05) is 6.92 Å². The van der Waals surface area contributed by atoms with Crippen LogP contribution in [0.4, 0.5) is 0 Å². The van der Waals surface area contributed by atoms with E-state index in [0.717, 1.165) is 6.42 Å². The van der Waals surface area contributed by atoms with Gasteiger partial charge in [0.15, 0.2) is 0 Å². The summed E-state index contributed by atoms with van der Waals surface area (Å²) in [5.41, 5.74) is 0. The van der Waals surface area contributed by atoms with Crippen molar-refractivity contribution in [3.05, 3.63) is 6.92 Å². The Morgan fingerprint density at radius 1 is 1.60 bits per heavy atom. The first-order valence-electron chi connectivity index (χ1n) is 1.27. The smallest absolute Gasteiger partial charge is 0.0223 e. The second-order valence-electron chi connectivity index (χ2n) is 0.543. The summed E-state index contributed by atoms with van der Waals surface area (Å²) in [5, 5.41) is 0. The number of hydrogen-bond donors (Lipinski definition) is 0. The van der Waals surface area contributed by atoms with Crippen molar-refractivity contribution in [3.8, 4) is 0 Å². The summed E-state index contributed by atoms with van der Waals surface area (Å²) in [6.45, 7) is 3.47. The number of hydrogen-bond acceptors (Lipinski definition) is 0. The number of halogens is 1. The maximum atomic E-state index is 5.12. The summed E-state index contributed by atoms with van der Waals surface area (Å²) in [6, 6.07) is 0. The van der Waals surface area contributed by atoms with Crippen LogP contribution in [0.2, 0.25) is 0 Å². The van der Waals surface area contributed by atoms with Gasteiger partial charge in [-0.15, -0.1) is 11.6 Å². The molecule has 0 atom stereocenters. The van der Waals surface area contributed by atoms with Crippen LogP contribution >= 0.6 is 11.6 Å². The Morgan fingerprint density at radius 2 is 1.80 bits per heavy atom. The first-order chi connectivity index (χ1) is 1.91. The molecule has 0 unspecified atom stereocenters. The molecule has 0 aromatic heterocycles. The standard InChI is InChI=1S/C3H6Cl.Ti/c1-2-3-4;/h1-3H2;. The quantitative estimate of drug-likeness (QED) is 0.368. The molecule has 0 saturated heterocycles. The monoisotopic (exact) mass is 125 g/mol. The largest absolute Gasteiger partial charge is 0.127 e. The van der Waals surface area contributed by atoms with E-state index in [9.17, 15) is 0 Å². The minimum atomic E-state index is 0. The van der Waals surface area contributed by atoms with E-state index >= 15 is 0 Å². The maximum Gasteiger partial charge on any atom is 0.0223 e. The molecule has 0 heterocycles. The Hall–Kier alpha value is 1.00. The van der Waals surface area contributed by atoms with Crippen LogP contribution < -0.4 is 0 Å². The van der Waals surface area contributed by atoms with Gasteiger partial charge in [0.2, 0.25) is 0 Å². The van der Waals surface area contributed by atoms with Crippen LogP contribution in [0, 0.1) is 6.92 Å². The number of alkyl halides is 1. The molecule has 0 aliphatic carbocycles. The van der Waals surface area contributed by atoms with Crippen molar-refractivity contribution in [1.29, 1.82) is 0 Å². The summed E-state index contributed by atoms with van der Waals surface area (Å²) < 4.78 is 0. The SMILES string of the molecule is [CH2]CCCl.[Ti]. The second kappa shape index (κ2) is 8.89. The van der Waals surface area contributed by atoms with E-state index in [1.54, 1.807) is 0 Å². The van der Waals surface area contributed by atoms with Crippen molar-refractivity contribution >= 4 is 11.6 Å². The normalized spacial score (nSPS) is 6.00. The average molecular weight is 125 g/mol. The van der Waals surface area contributed by atoms with Crippen LogP contribution in [0.3, 0.4) is 0 Å². The van der Waals surface area contributed by atoms with E-state index in [1.165, 1.54) is 0 Å². The summed E-state index contributed by atoms with van der Waals surface area (Å²) in [6.07, 6.45) is 0.835. The zero-order valence-electron chi connectivity index (χ0n) is 3.00. The molecule has 0 aromatic rings. The van der Waals surface area contributed by atoms with Gasteiger partial charge in [-0.2, -0.15) is 0 Å². The van der Waals surface area contributed by atoms with Crippen molar-refractivity contribution < 1.29 is 21.7 Å². The summed E-state index contributed by atoms with van der Waals surface area (Å²) in [5.74, 6) is 0.681. The predicted molar refractivity (Wildman–Crippen MR) is 20.7 cm³/mol. The molecule has 5 heavy (non-hydrogen) atoms. The molecule has 0 aliphatic heterocycles. The van der Waals surface area contributed by atoms with Crippen LogP contribution in [0.15, 0.2) is 0 Å². The van der Waals surface area contributed by atoms with Gasteiger partial charge in [-0.05, 0) is 6.42 Å². The van der Waals surface area contributed by atoms with E-state index in [1.807, 2.05) is 0 Å². The van der Waals surface area contributed by atoms with Crippen LogP contribution in [0.1, 0.15) is 6.42 Å². The van der Waals surface area contributed by atoms with Crippen molar-refractivity contribution in [3.63, 3.8) is 0 Å². The van der Waals surface area contributed by atoms with Gasteiger partial charge in [-0.3, -0.25) is 0 Å². The molecule has 0 amide bonds. The molecule has 0 fully saturated rings. The molecular weight excluding hydrogens is 119 g/mol. The molecule has 0 N–H and O–H groups in total. The Balaban J connectivity index is 0. The summed E-state index contributed by atoms with van der Waals surface area (Å²) >= 11 is 5.12. The summed E-state index contributed by atoms with van der Waals surface area (Å²) in [7, 11) is 0. The molecule has 0 aromatic carbocycles. The second-order valence-corrected chi connectivity index (χ2v) is 0.921. The van der Waals surface area contributed by atoms with Crippen LogP contribution in [-0.4, -0.2) is 5.88 Å². The Kier molecular flexibility index (Phi) is 16.7. The zero-order valence-corrected chi connectivity index (χ0v) is 5.32. The van der Waals surface area contributed by atoms with Gasteiger partial charge in [-0.25, -0.2) is 0 Å². The first-order valence-corrected chi connectivity index (χ1v) is 1.80. The molecule has 0 saturated carbocycles. The average Bonchev–Trinajstić information content (AvgIpc) is 1.37. The Bertz CT molecular complexity index is 8.85. The van der Waals surface area contributed by atoms with E-state index in [0.29, 0.717) is 5.88 Å². The fraction of sp³-hybridized carbons (Fsp3) is 0.667. The maximum absolute atomic E-state index is 5.12. The Labute approximate surface area is 52.8 Å². The fourth-order valence-electron chi connectivity index (χ4n) is 0. The Morgan fingerprint density at radius 3 is 1.80 bits per heavy atom. The summed E-state index contributed by atoms with van der Waals surface area (Å²) in [4.78, 5) is 0. The van der Waals surface area contributed by atoms with E-state index in [2.05, 4.69) is 6.92 Å². The van der Waals surface area contributed by atoms with Crippen molar-refractivity contribution in [1.82, 2.24) is 0 Å². The first kappa shape index (κ1) is 9.38. The topological polar surface area (TPSA) is 0 Å². The third-order valence-corrected chi connectivity index (χ3v) is 0.401. The zero-order chi connectivity index (χ0) is 3.41. The minimum absolute atomic E-state index is 0. The van der Waals surface area contributed by atoms with Crippen LogP contribution in [-0.2, 0) is 21.7 Å². The van der Waals surface area contributed by atoms with Gasteiger partial charge in [0.25, 0.3) is 0 Å². The van der Waals surface area contributed by atoms with Crippen molar-refractivity contribution in [2.75, 3.05) is 5.88 Å². The van der Waals surface area contributed by atoms with Crippen LogP contribution in [0.25, 0.3) is 0 Å². The number of rotatable bonds is 1. The van der Waals surface area contributed by atoms with Gasteiger partial charge < -0.3 is 0 Å². The molecular formula is C3H6ClTi. The van der Waals surface area contributed by atoms with E-state index < -0.39 is 0 Å². The van der Waals surface area contributed by atoms with Crippen molar-refractivity contribution in [2.45, 2.75) is 6.42 Å². The van der Waals surface area contributed by atoms with Crippen molar-refractivity contribution in [2.24, 2.45) is 0 Å². The molecule has 0 nitrogen and oxygen atoms in total. The van der Waals surface area contributed by atoms with Crippen LogP contribution in [0.5, 0.6) is 0 Å². The molecule has 0 rings (SSSR count). The van der Waals surface area contributed by atoms with Gasteiger partial charge >= 0.3 is 0 Å². The molecule has 29 valence electrons. The van der Waals surface area contributed by atoms with Gasteiger partial charge in [0.05, 0.1) is 0 Å². The van der Waals surface area contributed by atoms with E-state index in [4.69, 9.17) is 11.6 Å². The van der Waals surface area contributed by atoms with Gasteiger partial charge in [0, 0.05) is 27.6 Å². The fourth-order valence-corrected chi connectivity index (χ4v) is 0. The molecule has 1 radical (unpaired) electrons. The van der Waals surface area contributed by atoms with E-state index in [-0.39, 0.29) is 21.7 Å². The molecule has 0 spiro atoms. The van der Waals surface area contributed by atoms with Gasteiger partial charge in [0.1, 0.15) is 0 Å². The third kappa shape index (κ3) is 11.2. The predicted octanol–water partition coefficient (Wildman–Crippen LogP) is 1.45. The molecule has 2 heteroatoms. The third-order valence-electron chi connectivity index (χ3n) is 0.134. The molecule has 0 bridgehead atoms. The minimum Gasteiger partial charge on any atom is -0.127 e. The molecule has 0 aliphatic rings.